The summed E-state index contributed by atoms with van der Waals surface area (Å²) in [6.07, 6.45) is 6.43. The first-order valence-electron chi connectivity index (χ1n) is 5.89. The Morgan fingerprint density at radius 3 is 3.00 bits per heavy atom. The molecule has 1 aliphatic rings. The van der Waals surface area contributed by atoms with Crippen LogP contribution in [-0.2, 0) is 12.8 Å². The van der Waals surface area contributed by atoms with E-state index in [1.54, 1.807) is 6.33 Å². The Morgan fingerprint density at radius 2 is 2.27 bits per heavy atom. The predicted octanol–water partition coefficient (Wildman–Crippen LogP) is 1.58. The minimum Gasteiger partial charge on any atom is -0.316 e. The van der Waals surface area contributed by atoms with E-state index >= 15 is 0 Å². The van der Waals surface area contributed by atoms with Crippen LogP contribution in [0.5, 0.6) is 0 Å². The maximum Gasteiger partial charge on any atom is 0.115 e. The number of rotatable bonds is 3. The summed E-state index contributed by atoms with van der Waals surface area (Å²) in [5.41, 5.74) is 2.36. The fraction of sp³-hybridized carbons (Fsp3) is 0.667. The third-order valence-electron chi connectivity index (χ3n) is 3.04. The smallest absolute Gasteiger partial charge is 0.115 e. The quantitative estimate of drug-likeness (QED) is 0.814. The van der Waals surface area contributed by atoms with Crippen LogP contribution in [-0.4, -0.2) is 23.1 Å². The average molecular weight is 205 g/mol. The number of piperidine rings is 1. The minimum absolute atomic E-state index is 0.762. The Balaban J connectivity index is 1.96. The van der Waals surface area contributed by atoms with E-state index < -0.39 is 0 Å². The Hall–Kier alpha value is -0.960. The van der Waals surface area contributed by atoms with Crippen LogP contribution < -0.4 is 5.32 Å². The SMILES string of the molecule is CCc1cc(CC2CCCNC2)ncn1. The lowest BCUT2D eigenvalue weighted by atomic mass is 9.94. The Bertz CT molecular complexity index is 305. The van der Waals surface area contributed by atoms with Gasteiger partial charge in [-0.05, 0) is 50.8 Å². The molecule has 1 aliphatic heterocycles. The van der Waals surface area contributed by atoms with Gasteiger partial charge in [0, 0.05) is 11.4 Å². The van der Waals surface area contributed by atoms with E-state index in [0.29, 0.717) is 0 Å². The van der Waals surface area contributed by atoms with Crippen LogP contribution in [0.1, 0.15) is 31.2 Å². The molecule has 1 aromatic heterocycles. The molecule has 0 spiro atoms. The van der Waals surface area contributed by atoms with E-state index in [1.165, 1.54) is 25.1 Å². The van der Waals surface area contributed by atoms with Crippen molar-refractivity contribution in [2.75, 3.05) is 13.1 Å². The first-order valence-corrected chi connectivity index (χ1v) is 5.89. The van der Waals surface area contributed by atoms with E-state index in [2.05, 4.69) is 28.3 Å². The van der Waals surface area contributed by atoms with Crippen LogP contribution in [0, 0.1) is 5.92 Å². The maximum atomic E-state index is 4.34. The average Bonchev–Trinajstić information content (AvgIpc) is 2.31. The van der Waals surface area contributed by atoms with Crippen LogP contribution in [0.3, 0.4) is 0 Å². The van der Waals surface area contributed by atoms with Crippen molar-refractivity contribution in [3.05, 3.63) is 23.8 Å². The highest BCUT2D eigenvalue weighted by Crippen LogP contribution is 2.15. The van der Waals surface area contributed by atoms with Crippen molar-refractivity contribution in [1.82, 2.24) is 15.3 Å². The molecule has 0 aromatic carbocycles. The molecule has 0 radical (unpaired) electrons. The van der Waals surface area contributed by atoms with Crippen LogP contribution in [0.25, 0.3) is 0 Å². The molecule has 82 valence electrons. The van der Waals surface area contributed by atoms with Crippen molar-refractivity contribution in [3.8, 4) is 0 Å². The fourth-order valence-corrected chi connectivity index (χ4v) is 2.14. The van der Waals surface area contributed by atoms with Crippen molar-refractivity contribution in [3.63, 3.8) is 0 Å². The van der Waals surface area contributed by atoms with Gasteiger partial charge in [-0.2, -0.15) is 0 Å². The second-order valence-corrected chi connectivity index (χ2v) is 4.27. The zero-order valence-corrected chi connectivity index (χ0v) is 9.37. The summed E-state index contributed by atoms with van der Waals surface area (Å²) in [6, 6.07) is 2.15. The van der Waals surface area contributed by atoms with Gasteiger partial charge in [0.25, 0.3) is 0 Å². The third-order valence-corrected chi connectivity index (χ3v) is 3.04. The highest BCUT2D eigenvalue weighted by atomic mass is 14.9. The first kappa shape index (κ1) is 10.6. The fourth-order valence-electron chi connectivity index (χ4n) is 2.14. The lowest BCUT2D eigenvalue weighted by Gasteiger charge is -2.22. The second-order valence-electron chi connectivity index (χ2n) is 4.27. The normalized spacial score (nSPS) is 21.5. The van der Waals surface area contributed by atoms with Gasteiger partial charge in [0.15, 0.2) is 0 Å². The minimum atomic E-state index is 0.762. The number of nitrogens with zero attached hydrogens (tertiary/aromatic N) is 2. The van der Waals surface area contributed by atoms with Crippen molar-refractivity contribution in [2.24, 2.45) is 5.92 Å². The standard InChI is InChI=1S/C12H19N3/c1-2-11-7-12(15-9-14-11)6-10-4-3-5-13-8-10/h7,9-10,13H,2-6,8H2,1H3. The summed E-state index contributed by atoms with van der Waals surface area (Å²) >= 11 is 0. The number of hydrogen-bond acceptors (Lipinski definition) is 3. The van der Waals surface area contributed by atoms with Gasteiger partial charge in [-0.3, -0.25) is 0 Å². The molecule has 1 atom stereocenters. The summed E-state index contributed by atoms with van der Waals surface area (Å²) in [4.78, 5) is 8.57. The molecule has 1 saturated heterocycles. The van der Waals surface area contributed by atoms with Gasteiger partial charge in [-0.1, -0.05) is 6.92 Å². The third kappa shape index (κ3) is 2.99. The van der Waals surface area contributed by atoms with Crippen LogP contribution >= 0.6 is 0 Å². The summed E-state index contributed by atoms with van der Waals surface area (Å²) < 4.78 is 0. The molecule has 0 amide bonds. The monoisotopic (exact) mass is 205 g/mol. The van der Waals surface area contributed by atoms with Crippen molar-refractivity contribution in [2.45, 2.75) is 32.6 Å². The van der Waals surface area contributed by atoms with E-state index in [0.717, 1.165) is 31.0 Å². The second kappa shape index (κ2) is 5.21. The Labute approximate surface area is 91.3 Å². The largest absolute Gasteiger partial charge is 0.316 e. The summed E-state index contributed by atoms with van der Waals surface area (Å²) in [5, 5.41) is 3.44. The Morgan fingerprint density at radius 1 is 1.40 bits per heavy atom. The highest BCUT2D eigenvalue weighted by molar-refractivity contribution is 5.09. The van der Waals surface area contributed by atoms with Crippen LogP contribution in [0.2, 0.25) is 0 Å². The molecular formula is C12H19N3. The molecule has 0 saturated carbocycles. The van der Waals surface area contributed by atoms with E-state index in [9.17, 15) is 0 Å². The number of hydrogen-bond donors (Lipinski definition) is 1. The van der Waals surface area contributed by atoms with E-state index in [4.69, 9.17) is 0 Å². The maximum absolute atomic E-state index is 4.34. The first-order chi connectivity index (χ1) is 7.38. The topological polar surface area (TPSA) is 37.8 Å². The zero-order valence-electron chi connectivity index (χ0n) is 9.37. The number of aromatic nitrogens is 2. The molecule has 3 heteroatoms. The summed E-state index contributed by atoms with van der Waals surface area (Å²) in [5.74, 6) is 0.762. The lowest BCUT2D eigenvalue weighted by Crippen LogP contribution is -2.31. The number of aryl methyl sites for hydroxylation is 1. The Kier molecular flexibility index (Phi) is 3.67. The van der Waals surface area contributed by atoms with Crippen molar-refractivity contribution < 1.29 is 0 Å². The van der Waals surface area contributed by atoms with Gasteiger partial charge in [0.05, 0.1) is 0 Å². The van der Waals surface area contributed by atoms with Gasteiger partial charge in [-0.25, -0.2) is 9.97 Å². The van der Waals surface area contributed by atoms with Gasteiger partial charge in [0.1, 0.15) is 6.33 Å². The molecule has 2 heterocycles. The molecule has 1 aromatic rings. The lowest BCUT2D eigenvalue weighted by molar-refractivity contribution is 0.373. The molecular weight excluding hydrogens is 186 g/mol. The van der Waals surface area contributed by atoms with Gasteiger partial charge < -0.3 is 5.32 Å². The molecule has 3 nitrogen and oxygen atoms in total. The number of nitrogens with one attached hydrogen (secondary N) is 1. The van der Waals surface area contributed by atoms with Gasteiger partial charge in [0.2, 0.25) is 0 Å². The highest BCUT2D eigenvalue weighted by Gasteiger charge is 2.14. The van der Waals surface area contributed by atoms with E-state index in [1.807, 2.05) is 0 Å². The van der Waals surface area contributed by atoms with E-state index in [-0.39, 0.29) is 0 Å². The molecule has 0 aliphatic carbocycles. The summed E-state index contributed by atoms with van der Waals surface area (Å²) in [6.45, 7) is 4.46. The molecule has 0 bridgehead atoms. The van der Waals surface area contributed by atoms with Crippen LogP contribution in [0.4, 0.5) is 0 Å². The molecule has 1 fully saturated rings. The molecule has 15 heavy (non-hydrogen) atoms. The zero-order chi connectivity index (χ0) is 10.5. The summed E-state index contributed by atoms with van der Waals surface area (Å²) in [7, 11) is 0. The predicted molar refractivity (Wildman–Crippen MR) is 60.7 cm³/mol. The van der Waals surface area contributed by atoms with Crippen LogP contribution in [0.15, 0.2) is 12.4 Å². The van der Waals surface area contributed by atoms with Crippen molar-refractivity contribution >= 4 is 0 Å². The molecule has 1 N–H and O–H groups in total. The van der Waals surface area contributed by atoms with Gasteiger partial charge in [-0.15, -0.1) is 0 Å². The van der Waals surface area contributed by atoms with Crippen molar-refractivity contribution in [1.29, 1.82) is 0 Å². The van der Waals surface area contributed by atoms with Gasteiger partial charge >= 0.3 is 0 Å². The molecule has 1 unspecified atom stereocenters. The molecule has 2 rings (SSSR count).